The van der Waals surface area contributed by atoms with Crippen molar-refractivity contribution in [3.05, 3.63) is 0 Å². The van der Waals surface area contributed by atoms with Gasteiger partial charge in [-0.25, -0.2) is 4.79 Å². The fourth-order valence-corrected chi connectivity index (χ4v) is 0.232. The second-order valence-corrected chi connectivity index (χ2v) is 1.64. The van der Waals surface area contributed by atoms with E-state index in [0.29, 0.717) is 6.54 Å². The normalized spacial score (nSPS) is 7.50. The van der Waals surface area contributed by atoms with E-state index in [1.165, 1.54) is 0 Å². The number of methoxy groups -OCH3 is 1. The van der Waals surface area contributed by atoms with Crippen LogP contribution in [0.25, 0.3) is 0 Å². The van der Waals surface area contributed by atoms with Gasteiger partial charge in [0.2, 0.25) is 0 Å². The SMILES string of the molecule is CCCNC(=O)O.COC. The summed E-state index contributed by atoms with van der Waals surface area (Å²) in [5.41, 5.74) is 0. The van der Waals surface area contributed by atoms with E-state index in [2.05, 4.69) is 10.1 Å². The smallest absolute Gasteiger partial charge is 0.404 e. The highest BCUT2D eigenvalue weighted by Gasteiger charge is 1.86. The first-order chi connectivity index (χ1) is 4.68. The lowest BCUT2D eigenvalue weighted by atomic mass is 10.5. The van der Waals surface area contributed by atoms with Gasteiger partial charge >= 0.3 is 6.09 Å². The average Bonchev–Trinajstić information content (AvgIpc) is 1.85. The molecule has 0 saturated heterocycles. The van der Waals surface area contributed by atoms with Crippen LogP contribution >= 0.6 is 0 Å². The molecule has 0 aliphatic carbocycles. The Morgan fingerprint density at radius 1 is 1.60 bits per heavy atom. The van der Waals surface area contributed by atoms with E-state index in [1.54, 1.807) is 14.2 Å². The van der Waals surface area contributed by atoms with Crippen LogP contribution in [0, 0.1) is 0 Å². The van der Waals surface area contributed by atoms with Gasteiger partial charge in [0.25, 0.3) is 0 Å². The maximum atomic E-state index is 9.65. The molecule has 4 nitrogen and oxygen atoms in total. The van der Waals surface area contributed by atoms with Gasteiger partial charge in [-0.05, 0) is 6.42 Å². The summed E-state index contributed by atoms with van der Waals surface area (Å²) in [4.78, 5) is 9.65. The van der Waals surface area contributed by atoms with Crippen molar-refractivity contribution in [1.29, 1.82) is 0 Å². The summed E-state index contributed by atoms with van der Waals surface area (Å²) >= 11 is 0. The van der Waals surface area contributed by atoms with E-state index < -0.39 is 6.09 Å². The lowest BCUT2D eigenvalue weighted by Gasteiger charge is -1.91. The number of carbonyl (C=O) groups is 1. The molecule has 0 aromatic heterocycles. The summed E-state index contributed by atoms with van der Waals surface area (Å²) in [7, 11) is 3.25. The molecule has 0 rings (SSSR count). The van der Waals surface area contributed by atoms with E-state index in [4.69, 9.17) is 5.11 Å². The number of amides is 1. The van der Waals surface area contributed by atoms with E-state index in [0.717, 1.165) is 6.42 Å². The lowest BCUT2D eigenvalue weighted by molar-refractivity contribution is 0.194. The molecule has 0 aromatic rings. The van der Waals surface area contributed by atoms with Crippen LogP contribution in [0.3, 0.4) is 0 Å². The van der Waals surface area contributed by atoms with Crippen LogP contribution in [-0.2, 0) is 4.74 Å². The molecular formula is C6H15NO3. The minimum Gasteiger partial charge on any atom is -0.465 e. The molecular weight excluding hydrogens is 134 g/mol. The fourth-order valence-electron chi connectivity index (χ4n) is 0.232. The minimum atomic E-state index is -0.943. The third-order valence-corrected chi connectivity index (χ3v) is 0.526. The molecule has 0 aliphatic rings. The number of hydrogen-bond donors (Lipinski definition) is 2. The maximum Gasteiger partial charge on any atom is 0.404 e. The molecule has 0 bridgehead atoms. The van der Waals surface area contributed by atoms with Crippen LogP contribution in [0.2, 0.25) is 0 Å². The van der Waals surface area contributed by atoms with Crippen LogP contribution in [0.4, 0.5) is 4.79 Å². The van der Waals surface area contributed by atoms with Gasteiger partial charge in [-0.15, -0.1) is 0 Å². The van der Waals surface area contributed by atoms with E-state index >= 15 is 0 Å². The van der Waals surface area contributed by atoms with Crippen LogP contribution in [0.15, 0.2) is 0 Å². The minimum absolute atomic E-state index is 0.551. The second kappa shape index (κ2) is 11.1. The standard InChI is InChI=1S/C4H9NO2.C2H6O/c1-2-3-5-4(6)7;1-3-2/h5H,2-3H2,1H3,(H,6,7);1-2H3. The Morgan fingerprint density at radius 3 is 2.10 bits per heavy atom. The Hall–Kier alpha value is -0.770. The van der Waals surface area contributed by atoms with Crippen molar-refractivity contribution in [3.8, 4) is 0 Å². The Kier molecular flexibility index (Phi) is 13.3. The molecule has 0 aromatic carbocycles. The Labute approximate surface area is 61.2 Å². The Balaban J connectivity index is 0. The van der Waals surface area contributed by atoms with E-state index in [-0.39, 0.29) is 0 Å². The summed E-state index contributed by atoms with van der Waals surface area (Å²) < 4.78 is 4.25. The van der Waals surface area contributed by atoms with Crippen molar-refractivity contribution >= 4 is 6.09 Å². The van der Waals surface area contributed by atoms with Crippen molar-refractivity contribution < 1.29 is 14.6 Å². The van der Waals surface area contributed by atoms with Crippen LogP contribution in [-0.4, -0.2) is 32.0 Å². The maximum absolute atomic E-state index is 9.65. The molecule has 62 valence electrons. The number of carboxylic acid groups (broad SMARTS) is 1. The van der Waals surface area contributed by atoms with Crippen molar-refractivity contribution in [1.82, 2.24) is 5.32 Å². The van der Waals surface area contributed by atoms with Gasteiger partial charge in [0.1, 0.15) is 0 Å². The van der Waals surface area contributed by atoms with Crippen molar-refractivity contribution in [2.75, 3.05) is 20.8 Å². The summed E-state index contributed by atoms with van der Waals surface area (Å²) in [6.07, 6.45) is -0.0893. The number of rotatable bonds is 2. The van der Waals surface area contributed by atoms with E-state index in [1.807, 2.05) is 6.92 Å². The van der Waals surface area contributed by atoms with Gasteiger partial charge in [-0.1, -0.05) is 6.92 Å². The van der Waals surface area contributed by atoms with Gasteiger partial charge in [0.05, 0.1) is 0 Å². The fraction of sp³-hybridized carbons (Fsp3) is 0.833. The zero-order valence-corrected chi connectivity index (χ0v) is 6.68. The highest BCUT2D eigenvalue weighted by molar-refractivity contribution is 5.64. The second-order valence-electron chi connectivity index (χ2n) is 1.64. The lowest BCUT2D eigenvalue weighted by Crippen LogP contribution is -2.20. The largest absolute Gasteiger partial charge is 0.465 e. The topological polar surface area (TPSA) is 58.6 Å². The quantitative estimate of drug-likeness (QED) is 0.614. The first-order valence-electron chi connectivity index (χ1n) is 3.05. The number of hydrogen-bond acceptors (Lipinski definition) is 2. The van der Waals surface area contributed by atoms with Gasteiger partial charge < -0.3 is 15.2 Å². The van der Waals surface area contributed by atoms with Crippen molar-refractivity contribution in [2.45, 2.75) is 13.3 Å². The highest BCUT2D eigenvalue weighted by atomic mass is 16.4. The molecule has 0 radical (unpaired) electrons. The molecule has 0 atom stereocenters. The molecule has 0 unspecified atom stereocenters. The molecule has 2 N–H and O–H groups in total. The van der Waals surface area contributed by atoms with E-state index in [9.17, 15) is 4.79 Å². The molecule has 1 amide bonds. The van der Waals surface area contributed by atoms with Gasteiger partial charge in [0, 0.05) is 20.8 Å². The summed E-state index contributed by atoms with van der Waals surface area (Å²) in [6.45, 7) is 2.46. The molecule has 4 heteroatoms. The predicted molar refractivity (Wildman–Crippen MR) is 39.3 cm³/mol. The summed E-state index contributed by atoms with van der Waals surface area (Å²) in [5.74, 6) is 0. The van der Waals surface area contributed by atoms with Crippen molar-refractivity contribution in [2.24, 2.45) is 0 Å². The first-order valence-corrected chi connectivity index (χ1v) is 3.05. The Morgan fingerprint density at radius 2 is 2.00 bits per heavy atom. The van der Waals surface area contributed by atoms with Crippen molar-refractivity contribution in [3.63, 3.8) is 0 Å². The highest BCUT2D eigenvalue weighted by Crippen LogP contribution is 1.67. The molecule has 0 aliphatic heterocycles. The zero-order chi connectivity index (χ0) is 8.41. The molecule has 0 spiro atoms. The number of nitrogens with one attached hydrogen (secondary N) is 1. The number of ether oxygens (including phenoxy) is 1. The molecule has 10 heavy (non-hydrogen) atoms. The predicted octanol–water partition coefficient (Wildman–Crippen LogP) is 0.927. The van der Waals surface area contributed by atoms with Gasteiger partial charge in [0.15, 0.2) is 0 Å². The average molecular weight is 149 g/mol. The summed E-state index contributed by atoms with van der Waals surface area (Å²) in [5, 5.41) is 10.1. The third-order valence-electron chi connectivity index (χ3n) is 0.526. The third kappa shape index (κ3) is 26.9. The Bertz CT molecular complexity index is 75.4. The summed E-state index contributed by atoms with van der Waals surface area (Å²) in [6, 6.07) is 0. The molecule has 0 saturated carbocycles. The van der Waals surface area contributed by atoms with Gasteiger partial charge in [-0.3, -0.25) is 0 Å². The first kappa shape index (κ1) is 12.0. The van der Waals surface area contributed by atoms with Gasteiger partial charge in [-0.2, -0.15) is 0 Å². The van der Waals surface area contributed by atoms with Crippen LogP contribution in [0.1, 0.15) is 13.3 Å². The monoisotopic (exact) mass is 149 g/mol. The molecule has 0 heterocycles. The molecule has 0 fully saturated rings. The van der Waals surface area contributed by atoms with Crippen LogP contribution in [0.5, 0.6) is 0 Å². The zero-order valence-electron chi connectivity index (χ0n) is 6.68. The van der Waals surface area contributed by atoms with Crippen LogP contribution < -0.4 is 5.32 Å².